The van der Waals surface area contributed by atoms with Crippen molar-refractivity contribution >= 4 is 31.9 Å². The number of hydrogen-bond donors (Lipinski definition) is 0. The second-order valence-corrected chi connectivity index (χ2v) is 7.20. The topological polar surface area (TPSA) is 44.1 Å². The van der Waals surface area contributed by atoms with Gasteiger partial charge < -0.3 is 40.2 Å². The van der Waals surface area contributed by atoms with Crippen LogP contribution >= 0.6 is 0 Å². The van der Waals surface area contributed by atoms with Gasteiger partial charge in [-0.15, -0.1) is 41.1 Å². The molecule has 1 heterocycles. The van der Waals surface area contributed by atoms with Crippen LogP contribution in [0.1, 0.15) is 23.2 Å². The summed E-state index contributed by atoms with van der Waals surface area (Å²) >= 11 is 0. The Kier molecular flexibility index (Phi) is 17.2. The second-order valence-electron chi connectivity index (χ2n) is 6.20. The number of benzene rings is 2. The maximum atomic E-state index is 10.3. The van der Waals surface area contributed by atoms with Gasteiger partial charge in [0.05, 0.1) is 5.91 Å². The van der Waals surface area contributed by atoms with Gasteiger partial charge in [-0.1, -0.05) is 55.2 Å². The Morgan fingerprint density at radius 3 is 2.00 bits per heavy atom. The van der Waals surface area contributed by atoms with Crippen molar-refractivity contribution in [1.29, 1.82) is 0 Å². The number of nitrogens with one attached hydrogen (secondary N) is 1. The molecule has 7 heteroatoms. The molecule has 1 amide bonds. The van der Waals surface area contributed by atoms with Crippen molar-refractivity contribution in [2.45, 2.75) is 25.9 Å². The molecule has 1 aliphatic rings. The summed E-state index contributed by atoms with van der Waals surface area (Å²) in [6.45, 7) is 6.77. The Labute approximate surface area is 204 Å². The van der Waals surface area contributed by atoms with Crippen LogP contribution in [0.4, 0.5) is 5.69 Å². The smallest absolute Gasteiger partial charge is 1.00 e. The van der Waals surface area contributed by atoms with E-state index in [1.807, 2.05) is 6.07 Å². The molecule has 0 saturated carbocycles. The SMILES string of the molecule is C[Si]C.[Cl-].[Cl-].[NH-]C(=O)c1ccccc1.[Ti+4].c1ccc2c(N3CCCC3)c[cH-]c2c1. The van der Waals surface area contributed by atoms with Gasteiger partial charge in [0.25, 0.3) is 0 Å². The van der Waals surface area contributed by atoms with Crippen molar-refractivity contribution < 1.29 is 51.3 Å². The molecule has 3 aromatic carbocycles. The van der Waals surface area contributed by atoms with Crippen LogP contribution in [-0.2, 0) is 21.7 Å². The summed E-state index contributed by atoms with van der Waals surface area (Å²) in [5, 5.41) is 2.78. The van der Waals surface area contributed by atoms with Gasteiger partial charge in [-0.2, -0.15) is 0 Å². The zero-order chi connectivity index (χ0) is 18.8. The van der Waals surface area contributed by atoms with Crippen molar-refractivity contribution in [2.75, 3.05) is 18.0 Å². The predicted molar refractivity (Wildman–Crippen MR) is 114 cm³/mol. The fourth-order valence-electron chi connectivity index (χ4n) is 2.96. The summed E-state index contributed by atoms with van der Waals surface area (Å²) < 4.78 is 0. The number of carbonyl (C=O) groups is 1. The quantitative estimate of drug-likeness (QED) is 0.377. The number of nitrogens with zero attached hydrogens (tertiary/aromatic N) is 1. The first-order valence-corrected chi connectivity index (χ1v) is 11.0. The van der Waals surface area contributed by atoms with E-state index >= 15 is 0 Å². The minimum absolute atomic E-state index is 0. The summed E-state index contributed by atoms with van der Waals surface area (Å²) in [5.41, 5.74) is 8.55. The van der Waals surface area contributed by atoms with E-state index in [1.165, 1.54) is 42.4 Å². The van der Waals surface area contributed by atoms with E-state index in [-0.39, 0.29) is 46.5 Å². The molecule has 3 aromatic rings. The van der Waals surface area contributed by atoms with Crippen molar-refractivity contribution in [1.82, 2.24) is 0 Å². The molecule has 2 radical (unpaired) electrons. The second kappa shape index (κ2) is 16.6. The fraction of sp³-hybridized carbons (Fsp3) is 0.273. The van der Waals surface area contributed by atoms with Crippen molar-refractivity contribution in [3.05, 3.63) is 78.0 Å². The molecule has 0 aromatic heterocycles. The molecular formula is C22H26Cl2N2OSiTi. The van der Waals surface area contributed by atoms with Crippen molar-refractivity contribution in [3.63, 3.8) is 0 Å². The Hall–Kier alpha value is -1.17. The van der Waals surface area contributed by atoms with Gasteiger partial charge in [-0.3, -0.25) is 0 Å². The van der Waals surface area contributed by atoms with Gasteiger partial charge in [0, 0.05) is 22.6 Å². The number of fused-ring (bicyclic) bond motifs is 1. The zero-order valence-electron chi connectivity index (χ0n) is 16.8. The largest absolute Gasteiger partial charge is 4.00 e. The van der Waals surface area contributed by atoms with Crippen LogP contribution in [0, 0.1) is 0 Å². The molecule has 1 saturated heterocycles. The number of anilines is 1. The Balaban J connectivity index is 0. The van der Waals surface area contributed by atoms with Crippen molar-refractivity contribution in [3.8, 4) is 0 Å². The Bertz CT molecular complexity index is 809. The molecule has 152 valence electrons. The minimum atomic E-state index is -0.629. The molecule has 0 atom stereocenters. The standard InChI is InChI=1S/C13H14N.C7H7NO.C2H6Si.2ClH.Ti/c1-2-6-12-11(5-1)7-8-13(12)14-9-3-4-10-14;8-7(9)6-4-2-1-3-5-6;1-3-2;;;/h1-2,5-8H,3-4,9-10H2;1-5H,(H2,8,9);1-2H3;2*1H;/q-1;;;;;+4/p-3. The number of halogens is 2. The van der Waals surface area contributed by atoms with Crippen LogP contribution in [-0.4, -0.2) is 28.5 Å². The van der Waals surface area contributed by atoms with Gasteiger partial charge in [0.1, 0.15) is 0 Å². The van der Waals surface area contributed by atoms with E-state index in [0.717, 1.165) is 9.52 Å². The number of carbonyl (C=O) groups excluding carboxylic acids is 1. The van der Waals surface area contributed by atoms with Crippen LogP contribution in [0.3, 0.4) is 0 Å². The number of amides is 1. The summed E-state index contributed by atoms with van der Waals surface area (Å²) in [5.74, 6) is -0.629. The third-order valence-electron chi connectivity index (χ3n) is 4.14. The molecule has 4 rings (SSSR count). The first kappa shape index (κ1) is 30.0. The molecule has 3 nitrogen and oxygen atoms in total. The molecule has 29 heavy (non-hydrogen) atoms. The van der Waals surface area contributed by atoms with Gasteiger partial charge in [0.15, 0.2) is 0 Å². The first-order chi connectivity index (χ1) is 12.7. The average molecular weight is 481 g/mol. The van der Waals surface area contributed by atoms with Gasteiger partial charge >= 0.3 is 21.7 Å². The zero-order valence-corrected chi connectivity index (χ0v) is 20.9. The maximum absolute atomic E-state index is 10.3. The van der Waals surface area contributed by atoms with Gasteiger partial charge in [-0.25, -0.2) is 0 Å². The minimum Gasteiger partial charge on any atom is -1.00 e. The van der Waals surface area contributed by atoms with Crippen LogP contribution < -0.4 is 29.7 Å². The van der Waals surface area contributed by atoms with E-state index in [2.05, 4.69) is 54.4 Å². The van der Waals surface area contributed by atoms with Crippen LogP contribution in [0.2, 0.25) is 13.1 Å². The van der Waals surface area contributed by atoms with Crippen LogP contribution in [0.15, 0.2) is 66.7 Å². The molecule has 0 spiro atoms. The van der Waals surface area contributed by atoms with E-state index in [1.54, 1.807) is 24.3 Å². The first-order valence-electron chi connectivity index (χ1n) is 8.96. The summed E-state index contributed by atoms with van der Waals surface area (Å²) in [4.78, 5) is 12.8. The van der Waals surface area contributed by atoms with Crippen LogP contribution in [0.25, 0.3) is 16.5 Å². The molecule has 0 bridgehead atoms. The number of rotatable bonds is 2. The molecule has 1 N–H and O–H groups in total. The Morgan fingerprint density at radius 2 is 1.48 bits per heavy atom. The molecule has 1 aliphatic heterocycles. The monoisotopic (exact) mass is 480 g/mol. The maximum Gasteiger partial charge on any atom is 4.00 e. The summed E-state index contributed by atoms with van der Waals surface area (Å²) in [7, 11) is 1.08. The fourth-order valence-corrected chi connectivity index (χ4v) is 2.96. The normalized spacial score (nSPS) is 11.4. The molecular weight excluding hydrogens is 455 g/mol. The van der Waals surface area contributed by atoms with Gasteiger partial charge in [0.2, 0.25) is 0 Å². The molecule has 0 aliphatic carbocycles. The van der Waals surface area contributed by atoms with E-state index < -0.39 is 5.91 Å². The third-order valence-corrected chi connectivity index (χ3v) is 4.14. The van der Waals surface area contributed by atoms with E-state index in [9.17, 15) is 4.79 Å². The summed E-state index contributed by atoms with van der Waals surface area (Å²) in [6.07, 6.45) is 2.69. The average Bonchev–Trinajstić information content (AvgIpc) is 3.33. The predicted octanol–water partition coefficient (Wildman–Crippen LogP) is -0.170. The Morgan fingerprint density at radius 1 is 0.966 bits per heavy atom. The van der Waals surface area contributed by atoms with Crippen LogP contribution in [0.5, 0.6) is 0 Å². The van der Waals surface area contributed by atoms with Crippen molar-refractivity contribution in [2.24, 2.45) is 0 Å². The number of hydrogen-bond acceptors (Lipinski definition) is 2. The summed E-state index contributed by atoms with van der Waals surface area (Å²) in [6, 6.07) is 21.7. The van der Waals surface area contributed by atoms with Gasteiger partial charge in [-0.05, 0) is 18.4 Å². The molecule has 1 fully saturated rings. The van der Waals surface area contributed by atoms with E-state index in [4.69, 9.17) is 5.73 Å². The van der Waals surface area contributed by atoms with E-state index in [0.29, 0.717) is 5.56 Å². The molecule has 0 unspecified atom stereocenters. The third kappa shape index (κ3) is 9.45.